The van der Waals surface area contributed by atoms with Gasteiger partial charge in [-0.05, 0) is 24.7 Å². The van der Waals surface area contributed by atoms with E-state index >= 15 is 0 Å². The molecule has 0 aromatic carbocycles. The number of nitrogens with zero attached hydrogens (tertiary/aromatic N) is 2. The molecule has 0 spiro atoms. The van der Waals surface area contributed by atoms with Gasteiger partial charge in [0.1, 0.15) is 6.54 Å². The van der Waals surface area contributed by atoms with Gasteiger partial charge in [0.25, 0.3) is 0 Å². The molecule has 1 aromatic heterocycles. The molecule has 3 atom stereocenters. The number of carbonyl (C=O) groups excluding carboxylic acids is 1. The fourth-order valence-electron chi connectivity index (χ4n) is 3.25. The normalized spacial score (nSPS) is 28.5. The van der Waals surface area contributed by atoms with Gasteiger partial charge < -0.3 is 10.4 Å². The van der Waals surface area contributed by atoms with Crippen molar-refractivity contribution in [3.8, 4) is 0 Å². The summed E-state index contributed by atoms with van der Waals surface area (Å²) in [4.78, 5) is 22.6. The van der Waals surface area contributed by atoms with E-state index in [1.54, 1.807) is 12.3 Å². The molecule has 2 aliphatic carbocycles. The minimum absolute atomic E-state index is 0.0393. The molecule has 6 heteroatoms. The number of carbonyl (C=O) groups is 2. The van der Waals surface area contributed by atoms with E-state index in [0.717, 1.165) is 12.8 Å². The Morgan fingerprint density at radius 3 is 2.68 bits per heavy atom. The zero-order chi connectivity index (χ0) is 13.4. The summed E-state index contributed by atoms with van der Waals surface area (Å²) in [5, 5.41) is 15.5. The first-order valence-electron chi connectivity index (χ1n) is 6.71. The van der Waals surface area contributed by atoms with Gasteiger partial charge in [-0.1, -0.05) is 12.8 Å². The summed E-state index contributed by atoms with van der Waals surface area (Å²) in [6.45, 7) is -0.190. The molecule has 0 aliphatic heterocycles. The van der Waals surface area contributed by atoms with E-state index in [9.17, 15) is 9.59 Å². The number of amides is 1. The number of nitrogens with one attached hydrogen (secondary N) is 1. The molecule has 2 saturated carbocycles. The molecule has 102 valence electrons. The van der Waals surface area contributed by atoms with Crippen LogP contribution in [0, 0.1) is 17.8 Å². The number of rotatable bonds is 4. The van der Waals surface area contributed by atoms with E-state index in [1.165, 1.54) is 17.5 Å². The molecule has 1 heterocycles. The van der Waals surface area contributed by atoms with E-state index in [2.05, 4.69) is 10.4 Å². The smallest absolute Gasteiger partial charge is 0.325 e. The average Bonchev–Trinajstić information content (AvgIpc) is 2.95. The average molecular weight is 263 g/mol. The topological polar surface area (TPSA) is 84.2 Å². The Morgan fingerprint density at radius 1 is 1.37 bits per heavy atom. The maximum atomic E-state index is 12.1. The lowest BCUT2D eigenvalue weighted by Gasteiger charge is -2.04. The van der Waals surface area contributed by atoms with Gasteiger partial charge in [0, 0.05) is 18.2 Å². The van der Waals surface area contributed by atoms with Crippen LogP contribution < -0.4 is 5.32 Å². The Morgan fingerprint density at radius 2 is 2.05 bits per heavy atom. The van der Waals surface area contributed by atoms with Crippen molar-refractivity contribution in [3.63, 3.8) is 0 Å². The summed E-state index contributed by atoms with van der Waals surface area (Å²) < 4.78 is 1.30. The molecule has 0 bridgehead atoms. The number of carboxylic acids is 1. The van der Waals surface area contributed by atoms with E-state index < -0.39 is 5.97 Å². The fraction of sp³-hybridized carbons (Fsp3) is 0.615. The maximum absolute atomic E-state index is 12.1. The predicted molar refractivity (Wildman–Crippen MR) is 67.4 cm³/mol. The van der Waals surface area contributed by atoms with Crippen LogP contribution in [0.2, 0.25) is 0 Å². The van der Waals surface area contributed by atoms with Crippen LogP contribution in [0.5, 0.6) is 0 Å². The van der Waals surface area contributed by atoms with Crippen molar-refractivity contribution >= 4 is 17.7 Å². The highest BCUT2D eigenvalue weighted by Gasteiger charge is 2.54. The molecule has 2 aliphatic rings. The van der Waals surface area contributed by atoms with Crippen molar-refractivity contribution < 1.29 is 14.7 Å². The fourth-order valence-corrected chi connectivity index (χ4v) is 3.25. The third kappa shape index (κ3) is 2.47. The number of anilines is 1. The summed E-state index contributed by atoms with van der Waals surface area (Å²) in [6.07, 6.45) is 6.35. The molecule has 1 unspecified atom stereocenters. The van der Waals surface area contributed by atoms with Crippen LogP contribution in [0.25, 0.3) is 0 Å². The molecule has 2 N–H and O–H groups in total. The van der Waals surface area contributed by atoms with Crippen molar-refractivity contribution in [1.29, 1.82) is 0 Å². The monoisotopic (exact) mass is 263 g/mol. The summed E-state index contributed by atoms with van der Waals surface area (Å²) in [7, 11) is 0. The second-order valence-corrected chi connectivity index (χ2v) is 5.42. The van der Waals surface area contributed by atoms with Crippen molar-refractivity contribution in [2.45, 2.75) is 32.2 Å². The van der Waals surface area contributed by atoms with Crippen LogP contribution in [-0.2, 0) is 16.1 Å². The van der Waals surface area contributed by atoms with Crippen LogP contribution in [0.3, 0.4) is 0 Å². The number of fused-ring (bicyclic) bond motifs is 1. The van der Waals surface area contributed by atoms with Gasteiger partial charge in [-0.2, -0.15) is 5.10 Å². The van der Waals surface area contributed by atoms with Gasteiger partial charge in [0.2, 0.25) is 5.91 Å². The maximum Gasteiger partial charge on any atom is 0.325 e. The third-order valence-corrected chi connectivity index (χ3v) is 4.15. The Hall–Kier alpha value is -1.85. The van der Waals surface area contributed by atoms with Crippen molar-refractivity contribution in [1.82, 2.24) is 9.78 Å². The number of aliphatic carboxylic acids is 1. The van der Waals surface area contributed by atoms with Gasteiger partial charge in [-0.25, -0.2) is 0 Å². The molecule has 0 saturated heterocycles. The van der Waals surface area contributed by atoms with Crippen LogP contribution in [-0.4, -0.2) is 26.8 Å². The first-order valence-corrected chi connectivity index (χ1v) is 6.71. The molecule has 1 amide bonds. The second kappa shape index (κ2) is 4.68. The number of aromatic nitrogens is 2. The molecule has 0 radical (unpaired) electrons. The lowest BCUT2D eigenvalue weighted by Crippen LogP contribution is -2.16. The minimum Gasteiger partial charge on any atom is -0.480 e. The zero-order valence-electron chi connectivity index (χ0n) is 10.6. The van der Waals surface area contributed by atoms with Crippen LogP contribution in [0.4, 0.5) is 5.82 Å². The van der Waals surface area contributed by atoms with Gasteiger partial charge >= 0.3 is 5.97 Å². The quantitative estimate of drug-likeness (QED) is 0.858. The summed E-state index contributed by atoms with van der Waals surface area (Å²) in [5.74, 6) is 0.804. The lowest BCUT2D eigenvalue weighted by atomic mass is 10.0. The molecule has 2 fully saturated rings. The second-order valence-electron chi connectivity index (χ2n) is 5.42. The number of hydrogen-bond acceptors (Lipinski definition) is 3. The van der Waals surface area contributed by atoms with Gasteiger partial charge in [-0.15, -0.1) is 0 Å². The molecular formula is C13H17N3O3. The Labute approximate surface area is 110 Å². The highest BCUT2D eigenvalue weighted by atomic mass is 16.4. The number of carboxylic acid groups (broad SMARTS) is 1. The van der Waals surface area contributed by atoms with E-state index in [-0.39, 0.29) is 18.4 Å². The Kier molecular flexibility index (Phi) is 3.00. The predicted octanol–water partition coefficient (Wildman–Crippen LogP) is 1.34. The van der Waals surface area contributed by atoms with Gasteiger partial charge in [0.05, 0.1) is 0 Å². The lowest BCUT2D eigenvalue weighted by molar-refractivity contribution is -0.137. The Bertz CT molecular complexity index is 499. The first kappa shape index (κ1) is 12.2. The molecule has 1 aromatic rings. The number of hydrogen-bond donors (Lipinski definition) is 2. The zero-order valence-corrected chi connectivity index (χ0v) is 10.6. The van der Waals surface area contributed by atoms with Crippen LogP contribution in [0.1, 0.15) is 25.7 Å². The van der Waals surface area contributed by atoms with Crippen molar-refractivity contribution in [3.05, 3.63) is 12.3 Å². The van der Waals surface area contributed by atoms with Gasteiger partial charge in [-0.3, -0.25) is 14.3 Å². The summed E-state index contributed by atoms with van der Waals surface area (Å²) in [5.41, 5.74) is 0. The highest BCUT2D eigenvalue weighted by molar-refractivity contribution is 5.94. The Balaban J connectivity index is 1.58. The van der Waals surface area contributed by atoms with Crippen molar-refractivity contribution in [2.75, 3.05) is 5.32 Å². The van der Waals surface area contributed by atoms with Crippen molar-refractivity contribution in [2.24, 2.45) is 17.8 Å². The minimum atomic E-state index is -0.950. The molecular weight excluding hydrogens is 246 g/mol. The standard InChI is InChI=1S/C13H17N3O3/c17-11(18)7-16-6-5-10(15-16)14-13(19)12-8-3-1-2-4-9(8)12/h5-6,8-9,12H,1-4,7H2,(H,17,18)(H,14,15,19)/t8-,9+,12?. The van der Waals surface area contributed by atoms with E-state index in [0.29, 0.717) is 17.7 Å². The van der Waals surface area contributed by atoms with E-state index in [1.807, 2.05) is 0 Å². The molecule has 6 nitrogen and oxygen atoms in total. The SMILES string of the molecule is O=C(O)Cn1ccc(NC(=O)C2[C@H]3CCCC[C@@H]23)n1. The molecule has 3 rings (SSSR count). The highest BCUT2D eigenvalue weighted by Crippen LogP contribution is 2.55. The summed E-state index contributed by atoms with van der Waals surface area (Å²) in [6, 6.07) is 1.63. The van der Waals surface area contributed by atoms with Crippen LogP contribution >= 0.6 is 0 Å². The largest absolute Gasteiger partial charge is 0.480 e. The third-order valence-electron chi connectivity index (χ3n) is 4.15. The molecule has 19 heavy (non-hydrogen) atoms. The van der Waals surface area contributed by atoms with Gasteiger partial charge in [0.15, 0.2) is 5.82 Å². The van der Waals surface area contributed by atoms with Crippen LogP contribution in [0.15, 0.2) is 12.3 Å². The summed E-state index contributed by atoms with van der Waals surface area (Å²) >= 11 is 0. The van der Waals surface area contributed by atoms with E-state index in [4.69, 9.17) is 5.11 Å². The first-order chi connectivity index (χ1) is 9.15.